The Labute approximate surface area is 176 Å². The van der Waals surface area contributed by atoms with Crippen molar-refractivity contribution < 1.29 is 14.3 Å². The first kappa shape index (κ1) is 21.6. The fraction of sp³-hybridized carbons (Fsp3) is 0.600. The lowest BCUT2D eigenvalue weighted by Crippen LogP contribution is -2.50. The molecule has 29 heavy (non-hydrogen) atoms. The summed E-state index contributed by atoms with van der Waals surface area (Å²) < 4.78 is 13.6. The maximum Gasteiger partial charge on any atom is 0.412 e. The lowest BCUT2D eigenvalue weighted by molar-refractivity contribution is -0.0617. The Hall–Kier alpha value is -2.13. The van der Waals surface area contributed by atoms with E-state index in [0.717, 1.165) is 23.1 Å². The highest BCUT2D eigenvalue weighted by Crippen LogP contribution is 2.33. The lowest BCUT2D eigenvalue weighted by atomic mass is 10.2. The second-order valence-electron chi connectivity index (χ2n) is 8.36. The van der Waals surface area contributed by atoms with Gasteiger partial charge in [-0.1, -0.05) is 11.8 Å². The summed E-state index contributed by atoms with van der Waals surface area (Å²) in [5.74, 6) is 1.45. The largest absolute Gasteiger partial charge is 0.444 e. The average Bonchev–Trinajstić information content (AvgIpc) is 3.18. The number of ether oxygens (including phenoxy) is 2. The molecule has 8 nitrogen and oxygen atoms in total. The normalized spacial score (nSPS) is 18.8. The quantitative estimate of drug-likeness (QED) is 0.681. The summed E-state index contributed by atoms with van der Waals surface area (Å²) in [6.07, 6.45) is 3.13. The van der Waals surface area contributed by atoms with E-state index in [1.54, 1.807) is 29.1 Å². The molecule has 0 bridgehead atoms. The first-order chi connectivity index (χ1) is 13.6. The van der Waals surface area contributed by atoms with Crippen LogP contribution in [0, 0.1) is 0 Å². The molecule has 1 aliphatic heterocycles. The van der Waals surface area contributed by atoms with Gasteiger partial charge in [-0.25, -0.2) is 4.79 Å². The Balaban J connectivity index is 1.75. The maximum absolute atomic E-state index is 12.8. The van der Waals surface area contributed by atoms with Gasteiger partial charge in [0, 0.05) is 30.3 Å². The van der Waals surface area contributed by atoms with Crippen molar-refractivity contribution in [1.29, 1.82) is 0 Å². The van der Waals surface area contributed by atoms with E-state index >= 15 is 0 Å². The lowest BCUT2D eigenvalue weighted by Gasteiger charge is -2.35. The number of rotatable bonds is 5. The Bertz CT molecular complexity index is 848. The smallest absolute Gasteiger partial charge is 0.412 e. The minimum absolute atomic E-state index is 0.115. The average molecular weight is 420 g/mol. The number of hydrogen-bond donors (Lipinski definition) is 0. The molecule has 1 atom stereocenters. The van der Waals surface area contributed by atoms with Crippen molar-refractivity contribution in [1.82, 2.24) is 24.6 Å². The first-order valence-corrected chi connectivity index (χ1v) is 10.7. The Morgan fingerprint density at radius 2 is 2.00 bits per heavy atom. The van der Waals surface area contributed by atoms with Gasteiger partial charge in [0.1, 0.15) is 11.3 Å². The second kappa shape index (κ2) is 8.31. The molecular weight excluding hydrogens is 390 g/mol. The molecular formula is C20H29N5O3S. The van der Waals surface area contributed by atoms with Crippen LogP contribution in [-0.4, -0.2) is 60.5 Å². The highest BCUT2D eigenvalue weighted by molar-refractivity contribution is 7.99. The molecule has 0 aliphatic carbocycles. The third-order valence-corrected chi connectivity index (χ3v) is 5.65. The van der Waals surface area contributed by atoms with Gasteiger partial charge >= 0.3 is 6.09 Å². The molecule has 1 saturated heterocycles. The first-order valence-electron chi connectivity index (χ1n) is 9.75. The molecule has 0 N–H and O–H groups in total. The SMILES string of the molecule is CCn1c(SC[C@H]2COC(C)(C)N2C(=O)OC(C)(C)C)nnc1-c1ccncc1. The van der Waals surface area contributed by atoms with Crippen LogP contribution in [0.4, 0.5) is 4.79 Å². The summed E-state index contributed by atoms with van der Waals surface area (Å²) in [6, 6.07) is 3.72. The number of hydrogen-bond acceptors (Lipinski definition) is 7. The zero-order chi connectivity index (χ0) is 21.2. The third kappa shape index (κ3) is 4.90. The van der Waals surface area contributed by atoms with E-state index in [1.807, 2.05) is 46.8 Å². The Kier molecular flexibility index (Phi) is 6.19. The summed E-state index contributed by atoms with van der Waals surface area (Å²) in [6.45, 7) is 12.6. The van der Waals surface area contributed by atoms with Crippen molar-refractivity contribution in [2.45, 2.75) is 70.6 Å². The van der Waals surface area contributed by atoms with Gasteiger partial charge in [-0.2, -0.15) is 0 Å². The van der Waals surface area contributed by atoms with E-state index in [9.17, 15) is 4.79 Å². The van der Waals surface area contributed by atoms with Crippen LogP contribution in [0.15, 0.2) is 29.7 Å². The van der Waals surface area contributed by atoms with Crippen LogP contribution in [0.2, 0.25) is 0 Å². The number of pyridine rings is 1. The van der Waals surface area contributed by atoms with Gasteiger partial charge in [0.05, 0.1) is 12.6 Å². The summed E-state index contributed by atoms with van der Waals surface area (Å²) in [4.78, 5) is 18.5. The fourth-order valence-electron chi connectivity index (χ4n) is 3.25. The molecule has 0 unspecified atom stereocenters. The molecule has 0 aromatic carbocycles. The predicted molar refractivity (Wildman–Crippen MR) is 112 cm³/mol. The monoisotopic (exact) mass is 419 g/mol. The van der Waals surface area contributed by atoms with Crippen LogP contribution in [0.1, 0.15) is 41.5 Å². The molecule has 1 amide bonds. The summed E-state index contributed by atoms with van der Waals surface area (Å²) in [7, 11) is 0. The summed E-state index contributed by atoms with van der Waals surface area (Å²) in [5, 5.41) is 9.54. The van der Waals surface area contributed by atoms with E-state index in [4.69, 9.17) is 9.47 Å². The molecule has 3 rings (SSSR count). The van der Waals surface area contributed by atoms with Crippen molar-refractivity contribution in [3.8, 4) is 11.4 Å². The van der Waals surface area contributed by atoms with Crippen molar-refractivity contribution >= 4 is 17.9 Å². The van der Waals surface area contributed by atoms with Crippen LogP contribution in [-0.2, 0) is 16.0 Å². The molecule has 2 aromatic rings. The molecule has 1 aliphatic rings. The van der Waals surface area contributed by atoms with Gasteiger partial charge in [0.15, 0.2) is 11.0 Å². The highest BCUT2D eigenvalue weighted by atomic mass is 32.2. The number of nitrogens with zero attached hydrogens (tertiary/aromatic N) is 5. The van der Waals surface area contributed by atoms with Gasteiger partial charge < -0.3 is 14.0 Å². The second-order valence-corrected chi connectivity index (χ2v) is 9.35. The van der Waals surface area contributed by atoms with E-state index in [0.29, 0.717) is 12.4 Å². The van der Waals surface area contributed by atoms with Crippen molar-refractivity contribution in [3.63, 3.8) is 0 Å². The topological polar surface area (TPSA) is 82.4 Å². The van der Waals surface area contributed by atoms with E-state index in [2.05, 4.69) is 26.7 Å². The van der Waals surface area contributed by atoms with Gasteiger partial charge in [-0.3, -0.25) is 9.88 Å². The number of carbonyl (C=O) groups excluding carboxylic acids is 1. The summed E-state index contributed by atoms with van der Waals surface area (Å²) in [5.41, 5.74) is -0.300. The number of aromatic nitrogens is 4. The van der Waals surface area contributed by atoms with Crippen LogP contribution in [0.3, 0.4) is 0 Å². The standard InChI is InChI=1S/C20H29N5O3S/c1-7-24-16(14-8-10-21-11-9-14)22-23-17(24)29-13-15-12-27-20(5,6)25(15)18(26)28-19(2,3)4/h8-11,15H,7,12-13H2,1-6H3/t15-/m1/s1. The minimum Gasteiger partial charge on any atom is -0.444 e. The molecule has 2 aromatic heterocycles. The van der Waals surface area contributed by atoms with Gasteiger partial charge in [-0.15, -0.1) is 10.2 Å². The van der Waals surface area contributed by atoms with Crippen LogP contribution in [0.25, 0.3) is 11.4 Å². The molecule has 3 heterocycles. The number of carbonyl (C=O) groups is 1. The number of thioether (sulfide) groups is 1. The summed E-state index contributed by atoms with van der Waals surface area (Å²) >= 11 is 1.57. The Morgan fingerprint density at radius 3 is 2.62 bits per heavy atom. The van der Waals surface area contributed by atoms with Crippen LogP contribution >= 0.6 is 11.8 Å². The van der Waals surface area contributed by atoms with Crippen molar-refractivity contribution in [2.24, 2.45) is 0 Å². The fourth-order valence-corrected chi connectivity index (χ4v) is 4.31. The molecule has 9 heteroatoms. The van der Waals surface area contributed by atoms with Crippen LogP contribution < -0.4 is 0 Å². The Morgan fingerprint density at radius 1 is 1.31 bits per heavy atom. The van der Waals surface area contributed by atoms with Gasteiger partial charge in [-0.05, 0) is 53.7 Å². The molecule has 1 fully saturated rings. The van der Waals surface area contributed by atoms with Crippen molar-refractivity contribution in [2.75, 3.05) is 12.4 Å². The molecule has 0 saturated carbocycles. The highest BCUT2D eigenvalue weighted by Gasteiger charge is 2.45. The van der Waals surface area contributed by atoms with Gasteiger partial charge in [0.25, 0.3) is 0 Å². The minimum atomic E-state index is -0.714. The van der Waals surface area contributed by atoms with E-state index < -0.39 is 11.3 Å². The third-order valence-electron chi connectivity index (χ3n) is 4.54. The molecule has 0 radical (unpaired) electrons. The predicted octanol–water partition coefficient (Wildman–Crippen LogP) is 3.82. The zero-order valence-corrected chi connectivity index (χ0v) is 18.7. The number of amides is 1. The molecule has 158 valence electrons. The van der Waals surface area contributed by atoms with Crippen LogP contribution in [0.5, 0.6) is 0 Å². The van der Waals surface area contributed by atoms with Crippen molar-refractivity contribution in [3.05, 3.63) is 24.5 Å². The maximum atomic E-state index is 12.8. The van der Waals surface area contributed by atoms with E-state index in [1.165, 1.54) is 0 Å². The van der Waals surface area contributed by atoms with E-state index in [-0.39, 0.29) is 12.1 Å². The zero-order valence-electron chi connectivity index (χ0n) is 17.9. The van der Waals surface area contributed by atoms with Gasteiger partial charge in [0.2, 0.25) is 0 Å². The molecule has 0 spiro atoms.